The van der Waals surface area contributed by atoms with Gasteiger partial charge in [-0.2, -0.15) is 0 Å². The molecule has 0 bridgehead atoms. The predicted molar refractivity (Wildman–Crippen MR) is 69.5 cm³/mol. The molecule has 1 saturated heterocycles. The van der Waals surface area contributed by atoms with Crippen LogP contribution in [0.1, 0.15) is 19.3 Å². The van der Waals surface area contributed by atoms with Crippen molar-refractivity contribution in [2.75, 3.05) is 26.7 Å². The number of likely N-dealkylation sites (tertiary alicyclic amines) is 1. The van der Waals surface area contributed by atoms with E-state index in [2.05, 4.69) is 47.6 Å². The summed E-state index contributed by atoms with van der Waals surface area (Å²) in [4.78, 5) is 2.56. The van der Waals surface area contributed by atoms with Gasteiger partial charge in [0, 0.05) is 12.6 Å². The van der Waals surface area contributed by atoms with Crippen molar-refractivity contribution in [3.05, 3.63) is 36.0 Å². The number of allylic oxidation sites excluding steroid dienone is 4. The highest BCUT2D eigenvalue weighted by Gasteiger charge is 2.17. The van der Waals surface area contributed by atoms with Crippen molar-refractivity contribution < 1.29 is 0 Å². The maximum atomic E-state index is 3.37. The average molecular weight is 218 g/mol. The Balaban J connectivity index is 1.80. The summed E-state index contributed by atoms with van der Waals surface area (Å²) in [6, 6.07) is 0.733. The van der Waals surface area contributed by atoms with Crippen LogP contribution in [0.25, 0.3) is 0 Å². The van der Waals surface area contributed by atoms with Crippen molar-refractivity contribution in [2.45, 2.75) is 25.3 Å². The van der Waals surface area contributed by atoms with Crippen LogP contribution < -0.4 is 5.32 Å². The fraction of sp³-hybridized carbons (Fsp3) is 0.571. The Hall–Kier alpha value is -0.860. The minimum Gasteiger partial charge on any atom is -0.317 e. The molecule has 16 heavy (non-hydrogen) atoms. The van der Waals surface area contributed by atoms with E-state index >= 15 is 0 Å². The fourth-order valence-corrected chi connectivity index (χ4v) is 2.38. The Morgan fingerprint density at radius 2 is 2.12 bits per heavy atom. The Labute approximate surface area is 98.7 Å². The lowest BCUT2D eigenvalue weighted by molar-refractivity contribution is 0.217. The molecule has 2 nitrogen and oxygen atoms in total. The number of nitrogens with zero attached hydrogens (tertiary/aromatic N) is 1. The van der Waals surface area contributed by atoms with Gasteiger partial charge in [0.1, 0.15) is 0 Å². The molecule has 0 radical (unpaired) electrons. The van der Waals surface area contributed by atoms with E-state index in [0.717, 1.165) is 19.0 Å². The zero-order valence-electron chi connectivity index (χ0n) is 10.2. The minimum absolute atomic E-state index is 0.733. The fourth-order valence-electron chi connectivity index (χ4n) is 2.38. The van der Waals surface area contributed by atoms with Gasteiger partial charge in [-0.15, -0.1) is 0 Å². The summed E-state index contributed by atoms with van der Waals surface area (Å²) in [5.41, 5.74) is 1.47. The van der Waals surface area contributed by atoms with Crippen LogP contribution in [0.2, 0.25) is 0 Å². The van der Waals surface area contributed by atoms with Gasteiger partial charge in [-0.05, 0) is 45.0 Å². The first kappa shape index (κ1) is 11.6. The summed E-state index contributed by atoms with van der Waals surface area (Å²) in [5, 5.41) is 3.37. The Morgan fingerprint density at radius 3 is 2.88 bits per heavy atom. The van der Waals surface area contributed by atoms with Gasteiger partial charge in [-0.25, -0.2) is 0 Å². The number of rotatable bonds is 3. The largest absolute Gasteiger partial charge is 0.317 e. The third-order valence-electron chi connectivity index (χ3n) is 3.48. The molecule has 2 aliphatic rings. The van der Waals surface area contributed by atoms with E-state index in [1.807, 2.05) is 0 Å². The molecule has 0 unspecified atom stereocenters. The topological polar surface area (TPSA) is 15.3 Å². The molecule has 1 aliphatic carbocycles. The van der Waals surface area contributed by atoms with E-state index in [1.165, 1.54) is 31.5 Å². The number of hydrogen-bond donors (Lipinski definition) is 1. The van der Waals surface area contributed by atoms with E-state index in [9.17, 15) is 0 Å². The molecule has 1 fully saturated rings. The van der Waals surface area contributed by atoms with E-state index in [4.69, 9.17) is 0 Å². The number of nitrogens with one attached hydrogen (secondary N) is 1. The molecule has 0 spiro atoms. The number of piperidine rings is 1. The highest BCUT2D eigenvalue weighted by Crippen LogP contribution is 2.13. The third kappa shape index (κ3) is 3.32. The van der Waals surface area contributed by atoms with Crippen LogP contribution in [0.4, 0.5) is 0 Å². The molecule has 0 saturated carbocycles. The summed E-state index contributed by atoms with van der Waals surface area (Å²) in [6.07, 6.45) is 14.7. The number of hydrogen-bond acceptors (Lipinski definition) is 2. The van der Waals surface area contributed by atoms with Crippen LogP contribution in [0, 0.1) is 0 Å². The van der Waals surface area contributed by atoms with Crippen molar-refractivity contribution in [3.63, 3.8) is 0 Å². The summed E-state index contributed by atoms with van der Waals surface area (Å²) >= 11 is 0. The third-order valence-corrected chi connectivity index (χ3v) is 3.48. The van der Waals surface area contributed by atoms with Gasteiger partial charge >= 0.3 is 0 Å². The van der Waals surface area contributed by atoms with Crippen LogP contribution >= 0.6 is 0 Å². The summed E-state index contributed by atoms with van der Waals surface area (Å²) in [6.45, 7) is 3.57. The maximum absolute atomic E-state index is 3.37. The van der Waals surface area contributed by atoms with E-state index in [0.29, 0.717) is 0 Å². The monoisotopic (exact) mass is 218 g/mol. The molecule has 0 aromatic rings. The lowest BCUT2D eigenvalue weighted by Gasteiger charge is -2.31. The molecule has 1 N–H and O–H groups in total. The van der Waals surface area contributed by atoms with Gasteiger partial charge < -0.3 is 5.32 Å². The summed E-state index contributed by atoms with van der Waals surface area (Å²) in [5.74, 6) is 0. The van der Waals surface area contributed by atoms with Crippen molar-refractivity contribution in [1.29, 1.82) is 0 Å². The van der Waals surface area contributed by atoms with Crippen LogP contribution in [0.5, 0.6) is 0 Å². The average Bonchev–Trinajstić information content (AvgIpc) is 2.59. The Morgan fingerprint density at radius 1 is 1.31 bits per heavy atom. The molecule has 2 rings (SSSR count). The first-order chi connectivity index (χ1) is 7.88. The molecule has 0 amide bonds. The first-order valence-corrected chi connectivity index (χ1v) is 6.30. The Bertz CT molecular complexity index is 294. The van der Waals surface area contributed by atoms with E-state index in [-0.39, 0.29) is 0 Å². The van der Waals surface area contributed by atoms with Crippen molar-refractivity contribution >= 4 is 0 Å². The van der Waals surface area contributed by atoms with E-state index in [1.54, 1.807) is 0 Å². The van der Waals surface area contributed by atoms with Crippen molar-refractivity contribution in [2.24, 2.45) is 0 Å². The molecule has 0 aromatic carbocycles. The second-order valence-corrected chi connectivity index (χ2v) is 4.64. The molecular formula is C14H22N2. The summed E-state index contributed by atoms with van der Waals surface area (Å²) < 4.78 is 0. The lowest BCUT2D eigenvalue weighted by Crippen LogP contribution is -2.41. The van der Waals surface area contributed by atoms with Crippen LogP contribution in [-0.4, -0.2) is 37.6 Å². The van der Waals surface area contributed by atoms with Gasteiger partial charge in [-0.3, -0.25) is 4.90 Å². The van der Waals surface area contributed by atoms with Gasteiger partial charge in [0.25, 0.3) is 0 Å². The normalized spacial score (nSPS) is 23.2. The molecular weight excluding hydrogens is 196 g/mol. The maximum Gasteiger partial charge on any atom is 0.0230 e. The highest BCUT2D eigenvalue weighted by molar-refractivity contribution is 5.27. The predicted octanol–water partition coefficient (Wildman–Crippen LogP) is 2.11. The van der Waals surface area contributed by atoms with Gasteiger partial charge in [-0.1, -0.05) is 30.4 Å². The first-order valence-electron chi connectivity index (χ1n) is 6.30. The van der Waals surface area contributed by atoms with Gasteiger partial charge in [0.2, 0.25) is 0 Å². The summed E-state index contributed by atoms with van der Waals surface area (Å²) in [7, 11) is 2.07. The lowest BCUT2D eigenvalue weighted by atomic mass is 10.0. The molecule has 1 aliphatic heterocycles. The van der Waals surface area contributed by atoms with Gasteiger partial charge in [0.15, 0.2) is 0 Å². The quantitative estimate of drug-likeness (QED) is 0.780. The van der Waals surface area contributed by atoms with Crippen LogP contribution in [0.3, 0.4) is 0 Å². The molecule has 1 heterocycles. The molecule has 0 aromatic heterocycles. The highest BCUT2D eigenvalue weighted by atomic mass is 15.1. The second-order valence-electron chi connectivity index (χ2n) is 4.64. The smallest absolute Gasteiger partial charge is 0.0230 e. The Kier molecular flexibility index (Phi) is 4.37. The van der Waals surface area contributed by atoms with Crippen LogP contribution in [-0.2, 0) is 0 Å². The van der Waals surface area contributed by atoms with Crippen LogP contribution in [0.15, 0.2) is 36.0 Å². The van der Waals surface area contributed by atoms with Crippen molar-refractivity contribution in [1.82, 2.24) is 10.2 Å². The zero-order valence-corrected chi connectivity index (χ0v) is 10.2. The zero-order chi connectivity index (χ0) is 11.2. The molecule has 88 valence electrons. The second kappa shape index (κ2) is 6.02. The standard InChI is InChI=1S/C14H22N2/c1-15-14-8-10-16(11-9-14)12-13-6-4-2-3-5-7-13/h2-4,6-7,14-15H,5,8-12H2,1H3. The molecule has 0 atom stereocenters. The SMILES string of the molecule is CNC1CCN(CC2=CCC=CC=C2)CC1. The van der Waals surface area contributed by atoms with Gasteiger partial charge in [0.05, 0.1) is 0 Å². The minimum atomic E-state index is 0.733. The van der Waals surface area contributed by atoms with Crippen molar-refractivity contribution in [3.8, 4) is 0 Å². The molecule has 2 heteroatoms. The van der Waals surface area contributed by atoms with E-state index < -0.39 is 0 Å².